The van der Waals surface area contributed by atoms with Crippen LogP contribution in [-0.4, -0.2) is 27.3 Å². The van der Waals surface area contributed by atoms with Gasteiger partial charge in [-0.2, -0.15) is 0 Å². The van der Waals surface area contributed by atoms with Crippen LogP contribution in [0.15, 0.2) is 23.6 Å². The molecule has 0 fully saturated rings. The fourth-order valence-corrected chi connectivity index (χ4v) is 3.01. The number of aryl methyl sites for hydroxylation is 1. The third-order valence-corrected chi connectivity index (χ3v) is 4.24. The second-order valence-corrected chi connectivity index (χ2v) is 5.93. The number of halogens is 1. The number of likely N-dealkylation sites (N-methyl/N-ethyl adjacent to an activating group) is 1. The van der Waals surface area contributed by atoms with E-state index < -0.39 is 0 Å². The van der Waals surface area contributed by atoms with Crippen molar-refractivity contribution < 1.29 is 4.79 Å². The van der Waals surface area contributed by atoms with Crippen molar-refractivity contribution >= 4 is 28.8 Å². The molecule has 2 aromatic heterocycles. The minimum absolute atomic E-state index is 0.0660. The number of hydrogen-bond donors (Lipinski definition) is 0. The maximum atomic E-state index is 12.4. The van der Waals surface area contributed by atoms with Gasteiger partial charge >= 0.3 is 0 Å². The summed E-state index contributed by atoms with van der Waals surface area (Å²) in [5.74, 6) is 0.450. The predicted molar refractivity (Wildman–Crippen MR) is 85.4 cm³/mol. The highest BCUT2D eigenvalue weighted by atomic mass is 35.5. The Morgan fingerprint density at radius 1 is 1.33 bits per heavy atom. The molecule has 2 heterocycles. The number of pyridine rings is 1. The molecule has 0 bridgehead atoms. The first-order chi connectivity index (χ1) is 10.1. The molecule has 2 rings (SSSR count). The molecule has 0 aliphatic carbocycles. The van der Waals surface area contributed by atoms with Gasteiger partial charge in [-0.25, -0.2) is 4.98 Å². The summed E-state index contributed by atoms with van der Waals surface area (Å²) in [5, 5.41) is 2.71. The number of rotatable bonds is 6. The molecule has 0 saturated heterocycles. The van der Waals surface area contributed by atoms with Gasteiger partial charge in [0.05, 0.1) is 30.2 Å². The second-order valence-electron chi connectivity index (χ2n) is 4.72. The van der Waals surface area contributed by atoms with Crippen molar-refractivity contribution in [2.45, 2.75) is 32.7 Å². The van der Waals surface area contributed by atoms with Crippen LogP contribution in [-0.2, 0) is 23.6 Å². The number of hydrogen-bond acceptors (Lipinski definition) is 4. The van der Waals surface area contributed by atoms with Crippen LogP contribution in [0.5, 0.6) is 0 Å². The molecule has 2 aromatic rings. The van der Waals surface area contributed by atoms with Gasteiger partial charge in [-0.1, -0.05) is 6.07 Å². The molecule has 0 N–H and O–H groups in total. The van der Waals surface area contributed by atoms with E-state index in [-0.39, 0.29) is 5.91 Å². The van der Waals surface area contributed by atoms with Crippen molar-refractivity contribution in [1.29, 1.82) is 0 Å². The van der Waals surface area contributed by atoms with Crippen molar-refractivity contribution in [3.05, 3.63) is 45.7 Å². The molecule has 0 spiro atoms. The highest BCUT2D eigenvalue weighted by molar-refractivity contribution is 7.09. The van der Waals surface area contributed by atoms with E-state index in [1.807, 2.05) is 37.4 Å². The van der Waals surface area contributed by atoms with Crippen molar-refractivity contribution in [2.24, 2.45) is 0 Å². The third kappa shape index (κ3) is 4.51. The van der Waals surface area contributed by atoms with E-state index in [1.54, 1.807) is 4.90 Å². The van der Waals surface area contributed by atoms with Gasteiger partial charge in [0.2, 0.25) is 5.91 Å². The number of nitrogens with zero attached hydrogens (tertiary/aromatic N) is 3. The van der Waals surface area contributed by atoms with Gasteiger partial charge in [0.25, 0.3) is 0 Å². The van der Waals surface area contributed by atoms with Crippen LogP contribution < -0.4 is 0 Å². The van der Waals surface area contributed by atoms with E-state index in [2.05, 4.69) is 9.97 Å². The maximum Gasteiger partial charge on any atom is 0.229 e. The normalized spacial score (nSPS) is 10.6. The topological polar surface area (TPSA) is 46.1 Å². The molecule has 4 nitrogen and oxygen atoms in total. The Kier molecular flexibility index (Phi) is 5.70. The first-order valence-electron chi connectivity index (χ1n) is 6.82. The minimum atomic E-state index is 0.0660. The minimum Gasteiger partial charge on any atom is -0.337 e. The maximum absolute atomic E-state index is 12.4. The smallest absolute Gasteiger partial charge is 0.229 e. The van der Waals surface area contributed by atoms with E-state index in [4.69, 9.17) is 11.6 Å². The average Bonchev–Trinajstić information content (AvgIpc) is 2.92. The Morgan fingerprint density at radius 2 is 2.14 bits per heavy atom. The molecule has 0 saturated carbocycles. The molecular formula is C15H18ClN3OS. The van der Waals surface area contributed by atoms with E-state index in [0.29, 0.717) is 25.4 Å². The van der Waals surface area contributed by atoms with E-state index in [1.165, 1.54) is 11.3 Å². The van der Waals surface area contributed by atoms with Crippen molar-refractivity contribution in [3.63, 3.8) is 0 Å². The van der Waals surface area contributed by atoms with Crippen molar-refractivity contribution in [2.75, 3.05) is 6.54 Å². The van der Waals surface area contributed by atoms with Gasteiger partial charge in [-0.05, 0) is 26.0 Å². The zero-order valence-corrected chi connectivity index (χ0v) is 13.7. The summed E-state index contributed by atoms with van der Waals surface area (Å²) in [4.78, 5) is 22.9. The molecule has 21 heavy (non-hydrogen) atoms. The molecule has 0 aliphatic heterocycles. The van der Waals surface area contributed by atoms with Gasteiger partial charge in [-0.15, -0.1) is 22.9 Å². The Morgan fingerprint density at radius 3 is 2.76 bits per heavy atom. The zero-order valence-electron chi connectivity index (χ0n) is 12.2. The number of alkyl halides is 1. The number of carbonyl (C=O) groups is 1. The largest absolute Gasteiger partial charge is 0.337 e. The monoisotopic (exact) mass is 323 g/mol. The van der Waals surface area contributed by atoms with Gasteiger partial charge in [0, 0.05) is 17.6 Å². The van der Waals surface area contributed by atoms with Crippen LogP contribution in [0, 0.1) is 6.92 Å². The summed E-state index contributed by atoms with van der Waals surface area (Å²) in [6, 6.07) is 5.85. The summed E-state index contributed by atoms with van der Waals surface area (Å²) in [6.45, 7) is 5.11. The van der Waals surface area contributed by atoms with Crippen LogP contribution >= 0.6 is 22.9 Å². The van der Waals surface area contributed by atoms with Crippen LogP contribution in [0.2, 0.25) is 0 Å². The van der Waals surface area contributed by atoms with Crippen LogP contribution in [0.3, 0.4) is 0 Å². The molecule has 0 aliphatic rings. The van der Waals surface area contributed by atoms with Crippen LogP contribution in [0.25, 0.3) is 0 Å². The highest BCUT2D eigenvalue weighted by Gasteiger charge is 2.15. The molecular weight excluding hydrogens is 306 g/mol. The Labute approximate surface area is 133 Å². The molecule has 112 valence electrons. The zero-order chi connectivity index (χ0) is 15.2. The fraction of sp³-hybridized carbons (Fsp3) is 0.400. The number of thiazole rings is 1. The van der Waals surface area contributed by atoms with Crippen LogP contribution in [0.1, 0.15) is 29.0 Å². The molecule has 1 amide bonds. The third-order valence-electron chi connectivity index (χ3n) is 3.07. The summed E-state index contributed by atoms with van der Waals surface area (Å²) >= 11 is 7.21. The van der Waals surface area contributed by atoms with E-state index in [9.17, 15) is 4.79 Å². The number of carbonyl (C=O) groups excluding carboxylic acids is 1. The molecule has 0 unspecified atom stereocenters. The highest BCUT2D eigenvalue weighted by Crippen LogP contribution is 2.14. The van der Waals surface area contributed by atoms with Crippen LogP contribution in [0.4, 0.5) is 0 Å². The lowest BCUT2D eigenvalue weighted by molar-refractivity contribution is -0.130. The summed E-state index contributed by atoms with van der Waals surface area (Å²) in [7, 11) is 0. The van der Waals surface area contributed by atoms with Crippen molar-refractivity contribution in [1.82, 2.24) is 14.9 Å². The van der Waals surface area contributed by atoms with E-state index in [0.717, 1.165) is 22.1 Å². The fourth-order valence-electron chi connectivity index (χ4n) is 1.99. The van der Waals surface area contributed by atoms with Gasteiger partial charge in [0.1, 0.15) is 5.01 Å². The summed E-state index contributed by atoms with van der Waals surface area (Å²) in [6.07, 6.45) is 0.321. The second kappa shape index (κ2) is 7.52. The Balaban J connectivity index is 2.01. The van der Waals surface area contributed by atoms with E-state index >= 15 is 0 Å². The summed E-state index contributed by atoms with van der Waals surface area (Å²) < 4.78 is 0. The standard InChI is InChI=1S/C15H18ClN3OS/c1-3-19(9-12-6-4-5-11(2)17-12)15(20)7-14-18-13(8-16)10-21-14/h4-6,10H,3,7-9H2,1-2H3. The lowest BCUT2D eigenvalue weighted by atomic mass is 10.2. The predicted octanol–water partition coefficient (Wildman–Crippen LogP) is 3.18. The van der Waals surface area contributed by atoms with Gasteiger partial charge in [-0.3, -0.25) is 9.78 Å². The Hall–Kier alpha value is -1.46. The molecule has 6 heteroatoms. The molecule has 0 aromatic carbocycles. The van der Waals surface area contributed by atoms with Gasteiger partial charge < -0.3 is 4.90 Å². The molecule has 0 atom stereocenters. The van der Waals surface area contributed by atoms with Crippen molar-refractivity contribution in [3.8, 4) is 0 Å². The lowest BCUT2D eigenvalue weighted by Gasteiger charge is -2.20. The molecule has 0 radical (unpaired) electrons. The SMILES string of the molecule is CCN(Cc1cccc(C)n1)C(=O)Cc1nc(CCl)cs1. The Bertz CT molecular complexity index is 614. The quantitative estimate of drug-likeness (QED) is 0.767. The first-order valence-corrected chi connectivity index (χ1v) is 8.23. The number of amides is 1. The van der Waals surface area contributed by atoms with Gasteiger partial charge in [0.15, 0.2) is 0 Å². The first kappa shape index (κ1) is 15.9. The average molecular weight is 324 g/mol. The lowest BCUT2D eigenvalue weighted by Crippen LogP contribution is -2.32. The number of aromatic nitrogens is 2. The summed E-state index contributed by atoms with van der Waals surface area (Å²) in [5.41, 5.74) is 2.70.